The molecule has 0 aliphatic carbocycles. The number of phosphoric acid groups is 3. The largest absolute Gasteiger partial charge is 1.00 e. The fourth-order valence-electron chi connectivity index (χ4n) is 2.28. The van der Waals surface area contributed by atoms with E-state index in [1.54, 1.807) is 0 Å². The van der Waals surface area contributed by atoms with Crippen molar-refractivity contribution in [3.8, 4) is 0 Å². The Bertz CT molecular complexity index is 1020. The molecule has 0 aromatic carbocycles. The standard InChI is InChI=1S/C10H16N3O14P3.4Li/c11-9-5(3-14)2-13(10(16)12-9)8-1-6(15)7(25-8)4-24-29(20,21)27-30(22,23)26-28(17,18)19;;;;/h2-3,6-8,15H,1,4H2,(H,20,21)(H,22,23)(H2,11,12,16)(H2,17,18,19);;;;/q;4*+1/p-4. The van der Waals surface area contributed by atoms with Crippen LogP contribution in [0.1, 0.15) is 23.0 Å². The number of aliphatic hydroxyl groups is 1. The van der Waals surface area contributed by atoms with Crippen LogP contribution in [0.2, 0.25) is 0 Å². The van der Waals surface area contributed by atoms with Crippen molar-refractivity contribution in [2.24, 2.45) is 0 Å². The second-order valence-corrected chi connectivity index (χ2v) is 9.87. The van der Waals surface area contributed by atoms with Crippen molar-refractivity contribution in [3.05, 3.63) is 22.2 Å². The third-order valence-corrected chi connectivity index (χ3v) is 7.11. The zero-order valence-corrected chi connectivity index (χ0v) is 21.1. The summed E-state index contributed by atoms with van der Waals surface area (Å²) in [5, 5.41) is 9.95. The van der Waals surface area contributed by atoms with E-state index in [4.69, 9.17) is 10.5 Å². The van der Waals surface area contributed by atoms with Crippen molar-refractivity contribution in [2.45, 2.75) is 24.9 Å². The zero-order valence-electron chi connectivity index (χ0n) is 18.4. The topological polar surface area (TPSA) is 279 Å². The van der Waals surface area contributed by atoms with Crippen molar-refractivity contribution < 1.29 is 136 Å². The normalized spacial score (nSPS) is 23.0. The summed E-state index contributed by atoms with van der Waals surface area (Å²) in [4.78, 5) is 69.3. The third-order valence-electron chi connectivity index (χ3n) is 3.45. The van der Waals surface area contributed by atoms with E-state index in [0.29, 0.717) is 6.29 Å². The molecule has 17 nitrogen and oxygen atoms in total. The molecule has 0 saturated carbocycles. The molecule has 0 spiro atoms. The Morgan fingerprint density at radius 3 is 2.21 bits per heavy atom. The van der Waals surface area contributed by atoms with E-state index in [2.05, 4.69) is 18.1 Å². The molecule has 0 bridgehead atoms. The second-order valence-electron chi connectivity index (χ2n) is 5.62. The van der Waals surface area contributed by atoms with E-state index >= 15 is 0 Å². The van der Waals surface area contributed by atoms with Crippen LogP contribution in [0, 0.1) is 0 Å². The molecule has 0 radical (unpaired) electrons. The van der Waals surface area contributed by atoms with Gasteiger partial charge in [-0.05, 0) is 0 Å². The second kappa shape index (κ2) is 15.5. The molecule has 1 aliphatic rings. The summed E-state index contributed by atoms with van der Waals surface area (Å²) in [5.41, 5.74) is 4.27. The summed E-state index contributed by atoms with van der Waals surface area (Å²) < 4.78 is 49.4. The number of nitrogen functional groups attached to an aromatic ring is 1. The van der Waals surface area contributed by atoms with E-state index in [-0.39, 0.29) is 93.2 Å². The predicted molar refractivity (Wildman–Crippen MR) is 83.8 cm³/mol. The Labute approximate surface area is 239 Å². The summed E-state index contributed by atoms with van der Waals surface area (Å²) in [5.74, 6) is -0.348. The predicted octanol–water partition coefficient (Wildman–Crippen LogP) is -15.9. The maximum atomic E-state index is 11.9. The fourth-order valence-corrected chi connectivity index (χ4v) is 5.14. The van der Waals surface area contributed by atoms with E-state index in [9.17, 15) is 48.0 Å². The van der Waals surface area contributed by atoms with Gasteiger partial charge in [0.15, 0.2) is 6.29 Å². The number of aromatic nitrogens is 2. The minimum absolute atomic E-state index is 0. The van der Waals surface area contributed by atoms with Crippen LogP contribution < -0.4 is 106 Å². The first-order valence-electron chi connectivity index (χ1n) is 7.51. The molecule has 3 N–H and O–H groups in total. The number of hydrogen-bond acceptors (Lipinski definition) is 16. The average molecular weight is 519 g/mol. The van der Waals surface area contributed by atoms with Gasteiger partial charge in [0.05, 0.1) is 26.1 Å². The van der Waals surface area contributed by atoms with Gasteiger partial charge in [0.25, 0.3) is 15.6 Å². The van der Waals surface area contributed by atoms with Crippen LogP contribution in [0.25, 0.3) is 0 Å². The molecule has 2 heterocycles. The van der Waals surface area contributed by atoms with Gasteiger partial charge in [0, 0.05) is 12.6 Å². The molecule has 1 aromatic heterocycles. The van der Waals surface area contributed by atoms with Crippen molar-refractivity contribution >= 4 is 35.6 Å². The van der Waals surface area contributed by atoms with Gasteiger partial charge in [-0.3, -0.25) is 22.8 Å². The van der Waals surface area contributed by atoms with Crippen LogP contribution in [0.4, 0.5) is 5.82 Å². The van der Waals surface area contributed by atoms with Gasteiger partial charge in [0.1, 0.15) is 18.1 Å². The minimum atomic E-state index is -6.13. The number of anilines is 1. The Hall–Kier alpha value is 1.07. The molecule has 1 fully saturated rings. The monoisotopic (exact) mass is 519 g/mol. The number of aliphatic hydroxyl groups excluding tert-OH is 1. The van der Waals surface area contributed by atoms with Crippen LogP contribution in [-0.2, 0) is 31.6 Å². The summed E-state index contributed by atoms with van der Waals surface area (Å²) in [6.45, 7) is -1.04. The van der Waals surface area contributed by atoms with Gasteiger partial charge in [-0.15, -0.1) is 0 Å². The average Bonchev–Trinajstić information content (AvgIpc) is 2.90. The number of ether oxygens (including phenoxy) is 1. The SMILES string of the molecule is Nc1nc(=O)n(C2CC(O)C(COP(=O)([O-])OP(=O)([O-])OP(=O)([O-])[O-])O2)cc1C=O.[Li+].[Li+].[Li+].[Li+]. The molecule has 1 saturated heterocycles. The van der Waals surface area contributed by atoms with Crippen LogP contribution in [0.15, 0.2) is 11.0 Å². The Morgan fingerprint density at radius 2 is 1.71 bits per heavy atom. The third kappa shape index (κ3) is 12.1. The van der Waals surface area contributed by atoms with Gasteiger partial charge in [-0.1, -0.05) is 0 Å². The van der Waals surface area contributed by atoms with Gasteiger partial charge in [0.2, 0.25) is 0 Å². The number of rotatable bonds is 9. The molecule has 1 aromatic rings. The zero-order chi connectivity index (χ0) is 22.9. The molecule has 24 heteroatoms. The fraction of sp³-hybridized carbons (Fsp3) is 0.500. The van der Waals surface area contributed by atoms with Crippen LogP contribution in [0.3, 0.4) is 0 Å². The number of carbonyl (C=O) groups excluding carboxylic acids is 1. The Balaban J connectivity index is -0.00000240. The van der Waals surface area contributed by atoms with Gasteiger partial charge in [-0.2, -0.15) is 4.98 Å². The maximum Gasteiger partial charge on any atom is 1.00 e. The summed E-state index contributed by atoms with van der Waals surface area (Å²) in [7, 11) is -18.1. The van der Waals surface area contributed by atoms with Gasteiger partial charge in [-0.25, -0.2) is 9.11 Å². The Kier molecular flexibility index (Phi) is 18.0. The van der Waals surface area contributed by atoms with E-state index in [0.717, 1.165) is 10.8 Å². The van der Waals surface area contributed by atoms with E-state index in [1.807, 2.05) is 0 Å². The van der Waals surface area contributed by atoms with Crippen molar-refractivity contribution in [1.82, 2.24) is 9.55 Å². The van der Waals surface area contributed by atoms with Crippen LogP contribution >= 0.6 is 23.5 Å². The van der Waals surface area contributed by atoms with Crippen molar-refractivity contribution in [3.63, 3.8) is 0 Å². The van der Waals surface area contributed by atoms with E-state index in [1.165, 1.54) is 0 Å². The molecular weight excluding hydrogens is 507 g/mol. The molecule has 34 heavy (non-hydrogen) atoms. The molecule has 5 unspecified atom stereocenters. The van der Waals surface area contributed by atoms with Crippen molar-refractivity contribution in [2.75, 3.05) is 12.3 Å². The van der Waals surface area contributed by atoms with Crippen LogP contribution in [-0.4, -0.2) is 39.8 Å². The number of hydrogen-bond donors (Lipinski definition) is 2. The summed E-state index contributed by atoms with van der Waals surface area (Å²) >= 11 is 0. The van der Waals surface area contributed by atoms with E-state index < -0.39 is 54.2 Å². The van der Waals surface area contributed by atoms with Crippen LogP contribution in [0.5, 0.6) is 0 Å². The molecule has 2 rings (SSSR count). The minimum Gasteiger partial charge on any atom is -0.790 e. The van der Waals surface area contributed by atoms with Gasteiger partial charge >= 0.3 is 81.1 Å². The summed E-state index contributed by atoms with van der Waals surface area (Å²) in [6, 6.07) is 0. The Morgan fingerprint density at radius 1 is 1.15 bits per heavy atom. The quantitative estimate of drug-likeness (QED) is 0.174. The number of aldehydes is 1. The molecular formula is C10H12Li4N3O14P3. The maximum absolute atomic E-state index is 11.9. The molecule has 170 valence electrons. The number of nitrogens with two attached hydrogens (primary N) is 1. The number of carbonyl (C=O) groups is 1. The number of phosphoric ester groups is 1. The molecule has 5 atom stereocenters. The summed E-state index contributed by atoms with van der Waals surface area (Å²) in [6.07, 6.45) is -3.09. The van der Waals surface area contributed by atoms with Gasteiger partial charge < -0.3 is 44.2 Å². The first-order chi connectivity index (χ1) is 13.6. The smallest absolute Gasteiger partial charge is 0.790 e. The molecule has 1 aliphatic heterocycles. The molecule has 0 amide bonds. The van der Waals surface area contributed by atoms with Crippen molar-refractivity contribution in [1.29, 1.82) is 0 Å². The first-order valence-corrected chi connectivity index (χ1v) is 11.9. The number of nitrogens with zero attached hydrogens (tertiary/aromatic N) is 2. The first kappa shape index (κ1) is 39.6.